The van der Waals surface area contributed by atoms with E-state index in [9.17, 15) is 9.90 Å². The Morgan fingerprint density at radius 1 is 1.33 bits per heavy atom. The standard InChI is InChI=1S/C19H27N3O2/c1-14-17(16-5-2-3-6-18(16)21-14)13-19(24)20-9-4-10-22-11-7-15(23)8-12-22/h2-3,5-6,15,21,23H,4,7-13H2,1H3,(H,20,24). The number of amides is 1. The van der Waals surface area contributed by atoms with Gasteiger partial charge in [0.2, 0.25) is 5.91 Å². The van der Waals surface area contributed by atoms with Crippen LogP contribution in [0.4, 0.5) is 0 Å². The predicted octanol–water partition coefficient (Wildman–Crippen LogP) is 1.98. The van der Waals surface area contributed by atoms with Gasteiger partial charge in [0.15, 0.2) is 0 Å². The van der Waals surface area contributed by atoms with Crippen molar-refractivity contribution in [3.63, 3.8) is 0 Å². The maximum absolute atomic E-state index is 12.2. The lowest BCUT2D eigenvalue weighted by Gasteiger charge is -2.29. The Morgan fingerprint density at radius 2 is 2.08 bits per heavy atom. The van der Waals surface area contributed by atoms with E-state index in [1.54, 1.807) is 0 Å². The van der Waals surface area contributed by atoms with E-state index in [0.717, 1.165) is 61.1 Å². The minimum absolute atomic E-state index is 0.0805. The second-order valence-corrected chi connectivity index (χ2v) is 6.73. The average Bonchev–Trinajstić information content (AvgIpc) is 2.89. The highest BCUT2D eigenvalue weighted by Crippen LogP contribution is 2.22. The number of rotatable bonds is 6. The molecular weight excluding hydrogens is 302 g/mol. The third-order valence-corrected chi connectivity index (χ3v) is 4.89. The molecule has 5 nitrogen and oxygen atoms in total. The van der Waals surface area contributed by atoms with Gasteiger partial charge in [0.1, 0.15) is 0 Å². The molecule has 1 fully saturated rings. The molecule has 1 aliphatic heterocycles. The zero-order valence-electron chi connectivity index (χ0n) is 14.3. The number of hydrogen-bond donors (Lipinski definition) is 3. The van der Waals surface area contributed by atoms with Gasteiger partial charge in [0.05, 0.1) is 12.5 Å². The molecule has 24 heavy (non-hydrogen) atoms. The van der Waals surface area contributed by atoms with Crippen molar-refractivity contribution in [2.75, 3.05) is 26.2 Å². The van der Waals surface area contributed by atoms with Crippen molar-refractivity contribution >= 4 is 16.8 Å². The largest absolute Gasteiger partial charge is 0.393 e. The Labute approximate surface area is 143 Å². The molecule has 0 bridgehead atoms. The molecule has 1 aromatic carbocycles. The SMILES string of the molecule is Cc1[nH]c2ccccc2c1CC(=O)NCCCN1CCC(O)CC1. The Kier molecular flexibility index (Phi) is 5.53. The number of fused-ring (bicyclic) bond motifs is 1. The molecule has 0 spiro atoms. The van der Waals surface area contributed by atoms with Gasteiger partial charge in [0.25, 0.3) is 0 Å². The van der Waals surface area contributed by atoms with Crippen molar-refractivity contribution in [1.82, 2.24) is 15.2 Å². The number of nitrogens with one attached hydrogen (secondary N) is 2. The van der Waals surface area contributed by atoms with Gasteiger partial charge >= 0.3 is 0 Å². The van der Waals surface area contributed by atoms with Gasteiger partial charge in [-0.3, -0.25) is 4.79 Å². The number of carbonyl (C=O) groups excluding carboxylic acids is 1. The number of aliphatic hydroxyl groups excluding tert-OH is 1. The van der Waals surface area contributed by atoms with Gasteiger partial charge in [0, 0.05) is 36.2 Å². The lowest BCUT2D eigenvalue weighted by atomic mass is 10.1. The van der Waals surface area contributed by atoms with E-state index in [0.29, 0.717) is 13.0 Å². The van der Waals surface area contributed by atoms with E-state index in [1.165, 1.54) is 0 Å². The topological polar surface area (TPSA) is 68.4 Å². The van der Waals surface area contributed by atoms with Gasteiger partial charge in [-0.25, -0.2) is 0 Å². The first kappa shape index (κ1) is 17.0. The number of benzene rings is 1. The molecule has 0 radical (unpaired) electrons. The van der Waals surface area contributed by atoms with Gasteiger partial charge in [-0.2, -0.15) is 0 Å². The highest BCUT2D eigenvalue weighted by molar-refractivity contribution is 5.90. The van der Waals surface area contributed by atoms with Crippen LogP contribution in [0.5, 0.6) is 0 Å². The number of aryl methyl sites for hydroxylation is 1. The number of hydrogen-bond acceptors (Lipinski definition) is 3. The summed E-state index contributed by atoms with van der Waals surface area (Å²) in [6.07, 6.45) is 2.99. The number of aromatic amines is 1. The zero-order valence-corrected chi connectivity index (χ0v) is 14.3. The second kappa shape index (κ2) is 7.81. The number of piperidine rings is 1. The molecule has 130 valence electrons. The molecule has 5 heteroatoms. The van der Waals surface area contributed by atoms with E-state index in [1.807, 2.05) is 25.1 Å². The molecule has 0 atom stereocenters. The summed E-state index contributed by atoms with van der Waals surface area (Å²) >= 11 is 0. The van der Waals surface area contributed by atoms with Crippen molar-refractivity contribution < 1.29 is 9.90 Å². The first-order valence-corrected chi connectivity index (χ1v) is 8.87. The van der Waals surface area contributed by atoms with Crippen LogP contribution in [-0.4, -0.2) is 53.2 Å². The number of aromatic nitrogens is 1. The molecule has 1 amide bonds. The molecule has 0 unspecified atom stereocenters. The molecule has 3 rings (SSSR count). The lowest BCUT2D eigenvalue weighted by molar-refractivity contribution is -0.120. The first-order chi connectivity index (χ1) is 11.6. The Bertz CT molecular complexity index is 687. The normalized spacial score (nSPS) is 16.6. The molecule has 1 aliphatic rings. The van der Waals surface area contributed by atoms with Gasteiger partial charge in [-0.15, -0.1) is 0 Å². The van der Waals surface area contributed by atoms with E-state index < -0.39 is 0 Å². The van der Waals surface area contributed by atoms with E-state index in [2.05, 4.69) is 21.3 Å². The van der Waals surface area contributed by atoms with Crippen LogP contribution in [0.2, 0.25) is 0 Å². The summed E-state index contributed by atoms with van der Waals surface area (Å²) in [5.74, 6) is 0.0805. The zero-order chi connectivity index (χ0) is 16.9. The fraction of sp³-hybridized carbons (Fsp3) is 0.526. The fourth-order valence-electron chi connectivity index (χ4n) is 3.46. The van der Waals surface area contributed by atoms with Crippen LogP contribution in [-0.2, 0) is 11.2 Å². The lowest BCUT2D eigenvalue weighted by Crippen LogP contribution is -2.37. The predicted molar refractivity (Wildman–Crippen MR) is 96.0 cm³/mol. The number of aliphatic hydroxyl groups is 1. The Balaban J connectivity index is 1.43. The number of likely N-dealkylation sites (tertiary alicyclic amines) is 1. The van der Waals surface area contributed by atoms with Gasteiger partial charge < -0.3 is 20.3 Å². The van der Waals surface area contributed by atoms with Crippen LogP contribution < -0.4 is 5.32 Å². The molecule has 0 saturated carbocycles. The smallest absolute Gasteiger partial charge is 0.224 e. The summed E-state index contributed by atoms with van der Waals surface area (Å²) in [6, 6.07) is 8.11. The third-order valence-electron chi connectivity index (χ3n) is 4.89. The van der Waals surface area contributed by atoms with Crippen molar-refractivity contribution in [3.8, 4) is 0 Å². The number of para-hydroxylation sites is 1. The summed E-state index contributed by atoms with van der Waals surface area (Å²) in [7, 11) is 0. The van der Waals surface area contributed by atoms with E-state index in [-0.39, 0.29) is 12.0 Å². The molecule has 2 aromatic rings. The van der Waals surface area contributed by atoms with Crippen LogP contribution in [0.25, 0.3) is 10.9 Å². The minimum atomic E-state index is -0.125. The van der Waals surface area contributed by atoms with Crippen LogP contribution in [0.1, 0.15) is 30.5 Å². The van der Waals surface area contributed by atoms with Crippen molar-refractivity contribution in [1.29, 1.82) is 0 Å². The third kappa shape index (κ3) is 4.16. The van der Waals surface area contributed by atoms with Crippen molar-refractivity contribution in [2.24, 2.45) is 0 Å². The maximum Gasteiger partial charge on any atom is 0.224 e. The summed E-state index contributed by atoms with van der Waals surface area (Å²) in [4.78, 5) is 17.9. The highest BCUT2D eigenvalue weighted by atomic mass is 16.3. The second-order valence-electron chi connectivity index (χ2n) is 6.73. The Morgan fingerprint density at radius 3 is 2.88 bits per heavy atom. The molecule has 3 N–H and O–H groups in total. The van der Waals surface area contributed by atoms with Crippen LogP contribution in [0, 0.1) is 6.92 Å². The first-order valence-electron chi connectivity index (χ1n) is 8.87. The molecular formula is C19H27N3O2. The van der Waals surface area contributed by atoms with E-state index in [4.69, 9.17) is 0 Å². The highest BCUT2D eigenvalue weighted by Gasteiger charge is 2.16. The van der Waals surface area contributed by atoms with Crippen LogP contribution >= 0.6 is 0 Å². The number of nitrogens with zero attached hydrogens (tertiary/aromatic N) is 1. The summed E-state index contributed by atoms with van der Waals surface area (Å²) in [5.41, 5.74) is 3.25. The molecule has 0 aliphatic carbocycles. The quantitative estimate of drug-likeness (QED) is 0.710. The molecule has 2 heterocycles. The number of carbonyl (C=O) groups is 1. The minimum Gasteiger partial charge on any atom is -0.393 e. The summed E-state index contributed by atoms with van der Waals surface area (Å²) in [5, 5.41) is 13.7. The van der Waals surface area contributed by atoms with Gasteiger partial charge in [-0.05, 0) is 44.4 Å². The van der Waals surface area contributed by atoms with Crippen LogP contribution in [0.15, 0.2) is 24.3 Å². The summed E-state index contributed by atoms with van der Waals surface area (Å²) in [6.45, 7) is 5.64. The summed E-state index contributed by atoms with van der Waals surface area (Å²) < 4.78 is 0. The average molecular weight is 329 g/mol. The van der Waals surface area contributed by atoms with E-state index >= 15 is 0 Å². The molecule has 1 aromatic heterocycles. The Hall–Kier alpha value is -1.85. The fourth-order valence-corrected chi connectivity index (χ4v) is 3.46. The van der Waals surface area contributed by atoms with Crippen molar-refractivity contribution in [2.45, 2.75) is 38.7 Å². The maximum atomic E-state index is 12.2. The molecule has 1 saturated heterocycles. The van der Waals surface area contributed by atoms with Gasteiger partial charge in [-0.1, -0.05) is 18.2 Å². The monoisotopic (exact) mass is 329 g/mol. The van der Waals surface area contributed by atoms with Crippen LogP contribution in [0.3, 0.4) is 0 Å². The number of H-pyrrole nitrogens is 1. The van der Waals surface area contributed by atoms with Crippen molar-refractivity contribution in [3.05, 3.63) is 35.5 Å².